The average Bonchev–Trinajstić information content (AvgIpc) is 2.86. The fourth-order valence-corrected chi connectivity index (χ4v) is 3.11. The molecule has 20 heavy (non-hydrogen) atoms. The van der Waals surface area contributed by atoms with E-state index in [0.29, 0.717) is 22.0 Å². The Morgan fingerprint density at radius 3 is 2.80 bits per heavy atom. The van der Waals surface area contributed by atoms with Crippen molar-refractivity contribution in [1.82, 2.24) is 0 Å². The number of hydrogen-bond donors (Lipinski definition) is 2. The molecule has 5 heteroatoms. The highest BCUT2D eigenvalue weighted by Gasteiger charge is 2.13. The van der Waals surface area contributed by atoms with Crippen molar-refractivity contribution in [2.24, 2.45) is 0 Å². The molecule has 0 aliphatic carbocycles. The quantitative estimate of drug-likeness (QED) is 0.690. The first-order chi connectivity index (χ1) is 9.65. The van der Waals surface area contributed by atoms with Crippen LogP contribution in [0.25, 0.3) is 10.1 Å². The van der Waals surface area contributed by atoms with Crippen LogP contribution in [0.2, 0.25) is 5.02 Å². The average molecular weight is 303 g/mol. The number of nitrogen functional groups attached to an aromatic ring is 1. The van der Waals surface area contributed by atoms with Crippen LogP contribution in [-0.2, 0) is 0 Å². The molecule has 1 aromatic heterocycles. The van der Waals surface area contributed by atoms with Crippen LogP contribution >= 0.6 is 22.9 Å². The number of hydrogen-bond acceptors (Lipinski definition) is 3. The van der Waals surface area contributed by atoms with Gasteiger partial charge in [-0.05, 0) is 24.3 Å². The Morgan fingerprint density at radius 1 is 1.20 bits per heavy atom. The summed E-state index contributed by atoms with van der Waals surface area (Å²) < 4.78 is 1.08. The molecule has 3 nitrogen and oxygen atoms in total. The van der Waals surface area contributed by atoms with Gasteiger partial charge in [0.05, 0.1) is 16.9 Å². The molecule has 100 valence electrons. The minimum absolute atomic E-state index is 0.170. The van der Waals surface area contributed by atoms with Crippen LogP contribution in [0.4, 0.5) is 11.4 Å². The van der Waals surface area contributed by atoms with Crippen molar-refractivity contribution in [3.05, 3.63) is 58.4 Å². The summed E-state index contributed by atoms with van der Waals surface area (Å²) in [5, 5.41) is 6.16. The smallest absolute Gasteiger partial charge is 0.257 e. The van der Waals surface area contributed by atoms with Gasteiger partial charge in [-0.2, -0.15) is 0 Å². The maximum Gasteiger partial charge on any atom is 0.257 e. The normalized spacial score (nSPS) is 10.7. The molecule has 0 bridgehead atoms. The summed E-state index contributed by atoms with van der Waals surface area (Å²) in [5.41, 5.74) is 7.51. The number of anilines is 2. The third-order valence-electron chi connectivity index (χ3n) is 2.99. The zero-order valence-corrected chi connectivity index (χ0v) is 12.0. The molecular weight excluding hydrogens is 292 g/mol. The van der Waals surface area contributed by atoms with Crippen molar-refractivity contribution in [1.29, 1.82) is 0 Å². The second-order valence-electron chi connectivity index (χ2n) is 4.33. The van der Waals surface area contributed by atoms with Crippen molar-refractivity contribution in [3.63, 3.8) is 0 Å². The van der Waals surface area contributed by atoms with Gasteiger partial charge in [-0.25, -0.2) is 0 Å². The molecule has 0 saturated heterocycles. The maximum atomic E-state index is 12.3. The third-order valence-corrected chi connectivity index (χ3v) is 4.19. The molecule has 3 rings (SSSR count). The number of carbonyl (C=O) groups is 1. The highest BCUT2D eigenvalue weighted by atomic mass is 35.5. The standard InChI is InChI=1S/C15H11ClN2OS/c16-9-5-6-13(12(17)7-9)18-15(19)11-8-20-14-4-2-1-3-10(11)14/h1-8H,17H2,(H,18,19). The maximum absolute atomic E-state index is 12.3. The van der Waals surface area contributed by atoms with Crippen LogP contribution in [0.1, 0.15) is 10.4 Å². The SMILES string of the molecule is Nc1cc(Cl)ccc1NC(=O)c1csc2ccccc12. The Hall–Kier alpha value is -2.04. The van der Waals surface area contributed by atoms with E-state index in [1.807, 2.05) is 29.6 Å². The lowest BCUT2D eigenvalue weighted by atomic mass is 10.1. The minimum atomic E-state index is -0.170. The summed E-state index contributed by atoms with van der Waals surface area (Å²) in [6, 6.07) is 12.8. The van der Waals surface area contributed by atoms with E-state index in [0.717, 1.165) is 10.1 Å². The summed E-state index contributed by atoms with van der Waals surface area (Å²) in [4.78, 5) is 12.3. The molecule has 0 fully saturated rings. The van der Waals surface area contributed by atoms with E-state index in [1.165, 1.54) is 0 Å². The van der Waals surface area contributed by atoms with Gasteiger partial charge < -0.3 is 11.1 Å². The summed E-state index contributed by atoms with van der Waals surface area (Å²) in [7, 11) is 0. The third kappa shape index (κ3) is 2.35. The fraction of sp³-hybridized carbons (Fsp3) is 0. The number of fused-ring (bicyclic) bond motifs is 1. The van der Waals surface area contributed by atoms with Crippen LogP contribution in [0.5, 0.6) is 0 Å². The molecule has 2 aromatic carbocycles. The lowest BCUT2D eigenvalue weighted by Crippen LogP contribution is -2.12. The Balaban J connectivity index is 1.93. The number of halogens is 1. The van der Waals surface area contributed by atoms with Crippen LogP contribution in [-0.4, -0.2) is 5.91 Å². The van der Waals surface area contributed by atoms with E-state index in [2.05, 4.69) is 5.32 Å². The largest absolute Gasteiger partial charge is 0.397 e. The van der Waals surface area contributed by atoms with Crippen LogP contribution < -0.4 is 11.1 Å². The highest BCUT2D eigenvalue weighted by Crippen LogP contribution is 2.28. The molecule has 3 N–H and O–H groups in total. The second-order valence-corrected chi connectivity index (χ2v) is 5.68. The Bertz CT molecular complexity index is 797. The van der Waals surface area contributed by atoms with Gasteiger partial charge in [0.1, 0.15) is 0 Å². The molecule has 0 unspecified atom stereocenters. The summed E-state index contributed by atoms with van der Waals surface area (Å²) in [6.45, 7) is 0. The van der Waals surface area contributed by atoms with Gasteiger partial charge in [0.25, 0.3) is 5.91 Å². The van der Waals surface area contributed by atoms with E-state index in [1.54, 1.807) is 29.5 Å². The Labute approximate surface area is 125 Å². The van der Waals surface area contributed by atoms with Crippen LogP contribution in [0.15, 0.2) is 47.8 Å². The van der Waals surface area contributed by atoms with Gasteiger partial charge in [-0.15, -0.1) is 11.3 Å². The molecule has 1 heterocycles. The summed E-state index contributed by atoms with van der Waals surface area (Å²) >= 11 is 7.39. The van der Waals surface area contributed by atoms with Crippen molar-refractivity contribution >= 4 is 50.3 Å². The molecule has 0 radical (unpaired) electrons. The molecular formula is C15H11ClN2OS. The second kappa shape index (κ2) is 5.15. The van der Waals surface area contributed by atoms with Crippen molar-refractivity contribution in [3.8, 4) is 0 Å². The van der Waals surface area contributed by atoms with Gasteiger partial charge >= 0.3 is 0 Å². The number of thiophene rings is 1. The first-order valence-electron chi connectivity index (χ1n) is 5.98. The van der Waals surface area contributed by atoms with Crippen LogP contribution in [0.3, 0.4) is 0 Å². The lowest BCUT2D eigenvalue weighted by molar-refractivity contribution is 0.102. The van der Waals surface area contributed by atoms with Crippen molar-refractivity contribution in [2.45, 2.75) is 0 Å². The number of carbonyl (C=O) groups excluding carboxylic acids is 1. The van der Waals surface area contributed by atoms with E-state index in [4.69, 9.17) is 17.3 Å². The van der Waals surface area contributed by atoms with Gasteiger partial charge in [-0.1, -0.05) is 29.8 Å². The molecule has 0 aliphatic rings. The van der Waals surface area contributed by atoms with Gasteiger partial charge in [0, 0.05) is 20.5 Å². The van der Waals surface area contributed by atoms with Crippen LogP contribution in [0, 0.1) is 0 Å². The molecule has 0 aliphatic heterocycles. The Morgan fingerprint density at radius 2 is 2.00 bits per heavy atom. The first-order valence-corrected chi connectivity index (χ1v) is 7.23. The van der Waals surface area contributed by atoms with Gasteiger partial charge in [0.15, 0.2) is 0 Å². The summed E-state index contributed by atoms with van der Waals surface area (Å²) in [5.74, 6) is -0.170. The van der Waals surface area contributed by atoms with Crippen molar-refractivity contribution < 1.29 is 4.79 Å². The van der Waals surface area contributed by atoms with Crippen molar-refractivity contribution in [2.75, 3.05) is 11.1 Å². The number of amides is 1. The van der Waals surface area contributed by atoms with Gasteiger partial charge in [0.2, 0.25) is 0 Å². The molecule has 0 atom stereocenters. The van der Waals surface area contributed by atoms with E-state index >= 15 is 0 Å². The minimum Gasteiger partial charge on any atom is -0.397 e. The van der Waals surface area contributed by atoms with E-state index in [-0.39, 0.29) is 5.91 Å². The summed E-state index contributed by atoms with van der Waals surface area (Å²) in [6.07, 6.45) is 0. The predicted octanol–water partition coefficient (Wildman–Crippen LogP) is 4.39. The topological polar surface area (TPSA) is 55.1 Å². The molecule has 0 saturated carbocycles. The van der Waals surface area contributed by atoms with E-state index in [9.17, 15) is 4.79 Å². The fourth-order valence-electron chi connectivity index (χ4n) is 1.99. The zero-order chi connectivity index (χ0) is 14.1. The predicted molar refractivity (Wildman–Crippen MR) is 85.6 cm³/mol. The number of rotatable bonds is 2. The first kappa shape index (κ1) is 13.0. The number of benzene rings is 2. The zero-order valence-electron chi connectivity index (χ0n) is 10.4. The highest BCUT2D eigenvalue weighted by molar-refractivity contribution is 7.17. The molecule has 0 spiro atoms. The monoisotopic (exact) mass is 302 g/mol. The Kier molecular flexibility index (Phi) is 3.34. The van der Waals surface area contributed by atoms with E-state index < -0.39 is 0 Å². The molecule has 1 amide bonds. The van der Waals surface area contributed by atoms with Gasteiger partial charge in [-0.3, -0.25) is 4.79 Å². The number of nitrogens with two attached hydrogens (primary N) is 1. The lowest BCUT2D eigenvalue weighted by Gasteiger charge is -2.08. The molecule has 3 aromatic rings. The number of nitrogens with one attached hydrogen (secondary N) is 1.